The summed E-state index contributed by atoms with van der Waals surface area (Å²) in [6.45, 7) is 5.38. The van der Waals surface area contributed by atoms with E-state index in [0.717, 1.165) is 12.1 Å². The molecule has 0 saturated carbocycles. The van der Waals surface area contributed by atoms with Gasteiger partial charge in [0.1, 0.15) is 11.9 Å². The van der Waals surface area contributed by atoms with Crippen molar-refractivity contribution >= 4 is 15.7 Å². The lowest BCUT2D eigenvalue weighted by Gasteiger charge is -2.19. The van der Waals surface area contributed by atoms with Gasteiger partial charge in [-0.15, -0.1) is 0 Å². The van der Waals surface area contributed by atoms with E-state index < -0.39 is 21.3 Å². The van der Waals surface area contributed by atoms with Crippen molar-refractivity contribution in [2.75, 3.05) is 10.5 Å². The predicted molar refractivity (Wildman–Crippen MR) is 68.0 cm³/mol. The summed E-state index contributed by atoms with van der Waals surface area (Å²) in [6, 6.07) is 5.10. The topological polar surface area (TPSA) is 70.0 Å². The number of halogens is 1. The Balaban J connectivity index is 3.02. The van der Waals surface area contributed by atoms with Crippen molar-refractivity contribution < 1.29 is 12.8 Å². The van der Waals surface area contributed by atoms with Gasteiger partial charge in [0.25, 0.3) is 0 Å². The van der Waals surface area contributed by atoms with Crippen molar-refractivity contribution in [3.8, 4) is 6.07 Å². The van der Waals surface area contributed by atoms with Gasteiger partial charge in [-0.1, -0.05) is 20.8 Å². The largest absolute Gasteiger partial charge is 0.282 e. The normalized spacial score (nSPS) is 11.9. The lowest BCUT2D eigenvalue weighted by Crippen LogP contribution is -2.26. The van der Waals surface area contributed by atoms with Crippen molar-refractivity contribution in [1.29, 1.82) is 5.26 Å². The predicted octanol–water partition coefficient (Wildman–Crippen LogP) is 2.49. The molecule has 0 aliphatic rings. The van der Waals surface area contributed by atoms with Crippen LogP contribution in [0.1, 0.15) is 26.3 Å². The summed E-state index contributed by atoms with van der Waals surface area (Å²) < 4.78 is 38.9. The van der Waals surface area contributed by atoms with Crippen LogP contribution in [0.15, 0.2) is 18.2 Å². The van der Waals surface area contributed by atoms with Gasteiger partial charge in [-0.3, -0.25) is 4.72 Å². The highest BCUT2D eigenvalue weighted by Gasteiger charge is 2.22. The fourth-order valence-electron chi connectivity index (χ4n) is 1.47. The standard InChI is InChI=1S/C12H15FN2O2S/c1-12(2,3)8-18(16,17)15-11-5-4-10(13)6-9(11)7-14/h4-6,15H,8H2,1-3H3. The number of nitrogens with zero attached hydrogens (tertiary/aromatic N) is 1. The SMILES string of the molecule is CC(C)(C)CS(=O)(=O)Nc1ccc(F)cc1C#N. The summed E-state index contributed by atoms with van der Waals surface area (Å²) in [7, 11) is -3.56. The van der Waals surface area contributed by atoms with Crippen LogP contribution in [0, 0.1) is 22.6 Å². The highest BCUT2D eigenvalue weighted by molar-refractivity contribution is 7.92. The second kappa shape index (κ2) is 4.94. The maximum Gasteiger partial charge on any atom is 0.233 e. The molecule has 1 N–H and O–H groups in total. The van der Waals surface area contributed by atoms with Gasteiger partial charge in [-0.05, 0) is 23.6 Å². The van der Waals surface area contributed by atoms with Crippen LogP contribution >= 0.6 is 0 Å². The molecule has 0 saturated heterocycles. The Morgan fingerprint density at radius 1 is 1.39 bits per heavy atom. The van der Waals surface area contributed by atoms with E-state index in [-0.39, 0.29) is 17.0 Å². The summed E-state index contributed by atoms with van der Waals surface area (Å²) in [4.78, 5) is 0. The molecular weight excluding hydrogens is 255 g/mol. The lowest BCUT2D eigenvalue weighted by molar-refractivity contribution is 0.463. The highest BCUT2D eigenvalue weighted by atomic mass is 32.2. The number of nitrogens with one attached hydrogen (secondary N) is 1. The van der Waals surface area contributed by atoms with Crippen LogP contribution in [0.5, 0.6) is 0 Å². The zero-order valence-electron chi connectivity index (χ0n) is 10.5. The van der Waals surface area contributed by atoms with Crippen LogP contribution in [0.3, 0.4) is 0 Å². The van der Waals surface area contributed by atoms with Crippen molar-refractivity contribution in [1.82, 2.24) is 0 Å². The summed E-state index contributed by atoms with van der Waals surface area (Å²) in [6.07, 6.45) is 0. The molecule has 1 aromatic carbocycles. The van der Waals surface area contributed by atoms with Gasteiger partial charge in [0.2, 0.25) is 10.0 Å². The number of nitriles is 1. The van der Waals surface area contributed by atoms with Crippen LogP contribution in [0.2, 0.25) is 0 Å². The summed E-state index contributed by atoms with van der Waals surface area (Å²) in [5.41, 5.74) is -0.339. The van der Waals surface area contributed by atoms with E-state index in [1.54, 1.807) is 26.8 Å². The first-order valence-corrected chi connectivity index (χ1v) is 6.98. The molecule has 0 unspecified atom stereocenters. The lowest BCUT2D eigenvalue weighted by atomic mass is 10.0. The average molecular weight is 270 g/mol. The van der Waals surface area contributed by atoms with Crippen LogP contribution in [-0.2, 0) is 10.0 Å². The molecule has 0 aliphatic heterocycles. The average Bonchev–Trinajstić information content (AvgIpc) is 2.16. The molecule has 0 atom stereocenters. The Bertz CT molecular complexity index is 583. The molecule has 0 bridgehead atoms. The van der Waals surface area contributed by atoms with Gasteiger partial charge in [-0.25, -0.2) is 12.8 Å². The Kier molecular flexibility index (Phi) is 3.97. The van der Waals surface area contributed by atoms with Gasteiger partial charge in [-0.2, -0.15) is 5.26 Å². The first-order valence-electron chi connectivity index (χ1n) is 5.33. The zero-order valence-corrected chi connectivity index (χ0v) is 11.3. The minimum Gasteiger partial charge on any atom is -0.282 e. The van der Waals surface area contributed by atoms with E-state index in [0.29, 0.717) is 0 Å². The van der Waals surface area contributed by atoms with Gasteiger partial charge in [0.15, 0.2) is 0 Å². The number of sulfonamides is 1. The molecule has 6 heteroatoms. The molecule has 0 spiro atoms. The Labute approximate surface area is 106 Å². The number of rotatable bonds is 3. The molecule has 0 radical (unpaired) electrons. The molecule has 0 aromatic heterocycles. The molecule has 4 nitrogen and oxygen atoms in total. The minimum atomic E-state index is -3.56. The second-order valence-electron chi connectivity index (χ2n) is 5.22. The van der Waals surface area contributed by atoms with Gasteiger partial charge in [0, 0.05) is 0 Å². The first-order chi connectivity index (χ1) is 8.13. The number of benzene rings is 1. The second-order valence-corrected chi connectivity index (χ2v) is 6.95. The molecule has 0 heterocycles. The molecule has 1 aromatic rings. The zero-order chi connectivity index (χ0) is 14.0. The van der Waals surface area contributed by atoms with Gasteiger partial charge in [0.05, 0.1) is 17.0 Å². The van der Waals surface area contributed by atoms with Crippen molar-refractivity contribution in [3.63, 3.8) is 0 Å². The Morgan fingerprint density at radius 2 is 2.00 bits per heavy atom. The Morgan fingerprint density at radius 3 is 2.50 bits per heavy atom. The van der Waals surface area contributed by atoms with Crippen LogP contribution in [-0.4, -0.2) is 14.2 Å². The molecule has 1 rings (SSSR count). The highest BCUT2D eigenvalue weighted by Crippen LogP contribution is 2.21. The van der Waals surface area contributed by atoms with E-state index in [2.05, 4.69) is 4.72 Å². The minimum absolute atomic E-state index is 0.0347. The summed E-state index contributed by atoms with van der Waals surface area (Å²) in [5, 5.41) is 8.82. The molecule has 0 amide bonds. The van der Waals surface area contributed by atoms with E-state index >= 15 is 0 Å². The van der Waals surface area contributed by atoms with Crippen LogP contribution in [0.4, 0.5) is 10.1 Å². The third-order valence-electron chi connectivity index (χ3n) is 1.99. The van der Waals surface area contributed by atoms with Gasteiger partial charge >= 0.3 is 0 Å². The van der Waals surface area contributed by atoms with E-state index in [4.69, 9.17) is 5.26 Å². The fraction of sp³-hybridized carbons (Fsp3) is 0.417. The maximum atomic E-state index is 12.9. The maximum absolute atomic E-state index is 12.9. The third-order valence-corrected chi connectivity index (χ3v) is 3.77. The summed E-state index contributed by atoms with van der Waals surface area (Å²) >= 11 is 0. The number of anilines is 1. The van der Waals surface area contributed by atoms with E-state index in [1.807, 2.05) is 0 Å². The van der Waals surface area contributed by atoms with Crippen molar-refractivity contribution in [3.05, 3.63) is 29.6 Å². The van der Waals surface area contributed by atoms with Crippen molar-refractivity contribution in [2.24, 2.45) is 5.41 Å². The third kappa shape index (κ3) is 4.34. The number of hydrogen-bond donors (Lipinski definition) is 1. The fourth-order valence-corrected chi connectivity index (χ4v) is 3.20. The first kappa shape index (κ1) is 14.5. The molecule has 98 valence electrons. The smallest absolute Gasteiger partial charge is 0.233 e. The van der Waals surface area contributed by atoms with Crippen molar-refractivity contribution in [2.45, 2.75) is 20.8 Å². The molecule has 18 heavy (non-hydrogen) atoms. The van der Waals surface area contributed by atoms with E-state index in [1.165, 1.54) is 6.07 Å². The quantitative estimate of drug-likeness (QED) is 0.917. The molecule has 0 fully saturated rings. The number of hydrogen-bond acceptors (Lipinski definition) is 3. The van der Waals surface area contributed by atoms with Crippen LogP contribution < -0.4 is 4.72 Å². The molecular formula is C12H15FN2O2S. The molecule has 0 aliphatic carbocycles. The Hall–Kier alpha value is -1.61. The monoisotopic (exact) mass is 270 g/mol. The van der Waals surface area contributed by atoms with E-state index in [9.17, 15) is 12.8 Å². The van der Waals surface area contributed by atoms with Gasteiger partial charge < -0.3 is 0 Å². The van der Waals surface area contributed by atoms with Crippen LogP contribution in [0.25, 0.3) is 0 Å². The summed E-state index contributed by atoms with van der Waals surface area (Å²) in [5.74, 6) is -0.660.